The molecule has 0 aromatic heterocycles. The van der Waals surface area contributed by atoms with Crippen LogP contribution in [0.15, 0.2) is 0 Å². The normalized spacial score (nSPS) is 39.2. The molecule has 2 aliphatic heterocycles. The molecule has 0 spiro atoms. The van der Waals surface area contributed by atoms with Gasteiger partial charge < -0.3 is 9.64 Å². The predicted molar refractivity (Wildman–Crippen MR) is 42.6 cm³/mol. The van der Waals surface area contributed by atoms with Crippen LogP contribution in [0.5, 0.6) is 0 Å². The average Bonchev–Trinajstić information content (AvgIpc) is 2.96. The molecular weight excluding hydrogens is 154 g/mol. The number of fused-ring (bicyclic) bond motifs is 1. The van der Waals surface area contributed by atoms with Gasteiger partial charge in [-0.05, 0) is 19.3 Å². The van der Waals surface area contributed by atoms with Gasteiger partial charge in [-0.15, -0.1) is 0 Å². The van der Waals surface area contributed by atoms with Crippen molar-refractivity contribution in [2.75, 3.05) is 13.1 Å². The van der Waals surface area contributed by atoms with Gasteiger partial charge in [-0.3, -0.25) is 4.79 Å². The van der Waals surface area contributed by atoms with Gasteiger partial charge in [0.25, 0.3) is 0 Å². The van der Waals surface area contributed by atoms with E-state index in [9.17, 15) is 4.79 Å². The highest BCUT2D eigenvalue weighted by Crippen LogP contribution is 2.35. The van der Waals surface area contributed by atoms with E-state index in [1.807, 2.05) is 4.90 Å². The van der Waals surface area contributed by atoms with E-state index < -0.39 is 0 Å². The van der Waals surface area contributed by atoms with Crippen LogP contribution in [0.25, 0.3) is 0 Å². The summed E-state index contributed by atoms with van der Waals surface area (Å²) in [6.07, 6.45) is 4.17. The molecule has 12 heavy (non-hydrogen) atoms. The number of piperidine rings is 1. The van der Waals surface area contributed by atoms with Crippen LogP contribution in [0.4, 0.5) is 0 Å². The molecule has 2 heterocycles. The van der Waals surface area contributed by atoms with Crippen LogP contribution >= 0.6 is 0 Å². The van der Waals surface area contributed by atoms with Crippen molar-refractivity contribution in [3.05, 3.63) is 0 Å². The van der Waals surface area contributed by atoms with Gasteiger partial charge in [-0.1, -0.05) is 0 Å². The Morgan fingerprint density at radius 2 is 2.08 bits per heavy atom. The Morgan fingerprint density at radius 3 is 2.75 bits per heavy atom. The minimum absolute atomic E-state index is 0.375. The van der Waals surface area contributed by atoms with Crippen LogP contribution < -0.4 is 0 Å². The number of likely N-dealkylation sites (tertiary alicyclic amines) is 1. The molecule has 1 aliphatic carbocycles. The summed E-state index contributed by atoms with van der Waals surface area (Å²) in [6.45, 7) is 1.79. The molecular formula is C9H13NO2. The molecule has 1 amide bonds. The Morgan fingerprint density at radius 1 is 1.25 bits per heavy atom. The van der Waals surface area contributed by atoms with Crippen molar-refractivity contribution >= 4 is 5.91 Å². The summed E-state index contributed by atoms with van der Waals surface area (Å²) >= 11 is 0. The zero-order chi connectivity index (χ0) is 8.13. The van der Waals surface area contributed by atoms with Crippen LogP contribution in [0.1, 0.15) is 19.3 Å². The molecule has 2 saturated heterocycles. The maximum Gasteiger partial charge on any atom is 0.225 e. The highest BCUT2D eigenvalue weighted by molar-refractivity contribution is 5.81. The van der Waals surface area contributed by atoms with Crippen molar-refractivity contribution in [3.8, 4) is 0 Å². The predicted octanol–water partition coefficient (Wildman–Crippen LogP) is 0.396. The van der Waals surface area contributed by atoms with Crippen molar-refractivity contribution < 1.29 is 9.53 Å². The number of rotatable bonds is 1. The molecule has 3 fully saturated rings. The van der Waals surface area contributed by atoms with Crippen LogP contribution in [-0.4, -0.2) is 36.1 Å². The number of epoxide rings is 1. The highest BCUT2D eigenvalue weighted by Gasteiger charge is 2.46. The monoisotopic (exact) mass is 167 g/mol. The lowest BCUT2D eigenvalue weighted by atomic mass is 10.1. The fraction of sp³-hybridized carbons (Fsp3) is 0.889. The minimum Gasteiger partial charge on any atom is -0.368 e. The number of amides is 1. The zero-order valence-corrected chi connectivity index (χ0v) is 7.03. The summed E-state index contributed by atoms with van der Waals surface area (Å²) in [5, 5.41) is 0. The van der Waals surface area contributed by atoms with Crippen molar-refractivity contribution in [1.29, 1.82) is 0 Å². The fourth-order valence-corrected chi connectivity index (χ4v) is 1.97. The van der Waals surface area contributed by atoms with E-state index in [4.69, 9.17) is 4.74 Å². The second-order valence-corrected chi connectivity index (χ2v) is 4.06. The minimum atomic E-state index is 0.375. The number of hydrogen-bond acceptors (Lipinski definition) is 2. The third-order valence-electron chi connectivity index (χ3n) is 3.01. The van der Waals surface area contributed by atoms with Crippen LogP contribution in [-0.2, 0) is 9.53 Å². The molecule has 3 nitrogen and oxygen atoms in total. The summed E-state index contributed by atoms with van der Waals surface area (Å²) in [5.74, 6) is 0.754. The lowest BCUT2D eigenvalue weighted by Gasteiger charge is -2.24. The van der Waals surface area contributed by atoms with E-state index in [1.165, 1.54) is 0 Å². The molecule has 3 rings (SSSR count). The van der Waals surface area contributed by atoms with E-state index >= 15 is 0 Å². The number of carbonyl (C=O) groups excluding carboxylic acids is 1. The number of ether oxygens (including phenoxy) is 1. The van der Waals surface area contributed by atoms with E-state index in [-0.39, 0.29) is 0 Å². The number of nitrogens with zero attached hydrogens (tertiary/aromatic N) is 1. The maximum absolute atomic E-state index is 11.6. The second-order valence-electron chi connectivity index (χ2n) is 4.06. The molecule has 3 aliphatic rings. The SMILES string of the molecule is O=C(C1CC1)N1CCC2OC2C1. The van der Waals surface area contributed by atoms with Gasteiger partial charge in [0.2, 0.25) is 5.91 Å². The Labute approximate surface area is 71.7 Å². The van der Waals surface area contributed by atoms with Crippen LogP contribution in [0.2, 0.25) is 0 Å². The Hall–Kier alpha value is -0.570. The smallest absolute Gasteiger partial charge is 0.225 e. The molecule has 0 aromatic carbocycles. The first-order chi connectivity index (χ1) is 5.84. The topological polar surface area (TPSA) is 32.8 Å². The van der Waals surface area contributed by atoms with Crippen molar-refractivity contribution in [2.45, 2.75) is 31.5 Å². The largest absolute Gasteiger partial charge is 0.368 e. The Bertz CT molecular complexity index is 225. The molecule has 0 radical (unpaired) electrons. The van der Waals surface area contributed by atoms with Crippen LogP contribution in [0, 0.1) is 5.92 Å². The molecule has 0 bridgehead atoms. The first-order valence-corrected chi connectivity index (χ1v) is 4.79. The van der Waals surface area contributed by atoms with Gasteiger partial charge in [0.05, 0.1) is 6.10 Å². The number of carbonyl (C=O) groups is 1. The molecule has 1 saturated carbocycles. The molecule has 2 unspecified atom stereocenters. The third kappa shape index (κ3) is 1.04. The standard InChI is InChI=1S/C9H13NO2/c11-9(6-1-2-6)10-4-3-7-8(5-10)12-7/h6-8H,1-5H2. The molecule has 0 N–H and O–H groups in total. The summed E-state index contributed by atoms with van der Waals surface area (Å²) < 4.78 is 5.36. The Balaban J connectivity index is 1.63. The Kier molecular flexibility index (Phi) is 1.28. The molecule has 2 atom stereocenters. The number of hydrogen-bond donors (Lipinski definition) is 0. The maximum atomic E-state index is 11.6. The highest BCUT2D eigenvalue weighted by atomic mass is 16.6. The summed E-state index contributed by atoms with van der Waals surface area (Å²) in [4.78, 5) is 13.6. The second kappa shape index (κ2) is 2.22. The summed E-state index contributed by atoms with van der Waals surface area (Å²) in [5.41, 5.74) is 0. The van der Waals surface area contributed by atoms with Gasteiger partial charge in [0, 0.05) is 19.0 Å². The van der Waals surface area contributed by atoms with Crippen molar-refractivity contribution in [2.24, 2.45) is 5.92 Å². The molecule has 66 valence electrons. The third-order valence-corrected chi connectivity index (χ3v) is 3.01. The van der Waals surface area contributed by atoms with Gasteiger partial charge in [-0.2, -0.15) is 0 Å². The van der Waals surface area contributed by atoms with Crippen molar-refractivity contribution in [1.82, 2.24) is 4.90 Å². The fourth-order valence-electron chi connectivity index (χ4n) is 1.97. The first kappa shape index (κ1) is 6.89. The van der Waals surface area contributed by atoms with Gasteiger partial charge in [-0.25, -0.2) is 0 Å². The van der Waals surface area contributed by atoms with Gasteiger partial charge in [0.1, 0.15) is 6.10 Å². The van der Waals surface area contributed by atoms with E-state index in [0.29, 0.717) is 24.0 Å². The van der Waals surface area contributed by atoms with Gasteiger partial charge in [0.15, 0.2) is 0 Å². The summed E-state index contributed by atoms with van der Waals surface area (Å²) in [6, 6.07) is 0. The average molecular weight is 167 g/mol. The van der Waals surface area contributed by atoms with E-state index in [1.54, 1.807) is 0 Å². The van der Waals surface area contributed by atoms with E-state index in [0.717, 1.165) is 32.4 Å². The molecule has 3 heteroatoms. The first-order valence-electron chi connectivity index (χ1n) is 4.79. The molecule has 0 aromatic rings. The lowest BCUT2D eigenvalue weighted by Crippen LogP contribution is -2.40. The summed E-state index contributed by atoms with van der Waals surface area (Å²) in [7, 11) is 0. The van der Waals surface area contributed by atoms with Crippen LogP contribution in [0.3, 0.4) is 0 Å². The van der Waals surface area contributed by atoms with Gasteiger partial charge >= 0.3 is 0 Å². The zero-order valence-electron chi connectivity index (χ0n) is 7.03. The van der Waals surface area contributed by atoms with E-state index in [2.05, 4.69) is 0 Å². The van der Waals surface area contributed by atoms with Crippen molar-refractivity contribution in [3.63, 3.8) is 0 Å². The quantitative estimate of drug-likeness (QED) is 0.529. The lowest BCUT2D eigenvalue weighted by molar-refractivity contribution is -0.133.